The fourth-order valence-electron chi connectivity index (χ4n) is 4.82. The Bertz CT molecular complexity index is 823. The number of amides is 1. The zero-order chi connectivity index (χ0) is 24.7. The average molecular weight is 492 g/mol. The first-order valence-corrected chi connectivity index (χ1v) is 13.5. The van der Waals surface area contributed by atoms with Gasteiger partial charge in [0.2, 0.25) is 0 Å². The van der Waals surface area contributed by atoms with E-state index < -0.39 is 5.60 Å². The number of rotatable bonds is 8. The molecule has 2 heterocycles. The highest BCUT2D eigenvalue weighted by Gasteiger charge is 2.34. The molecule has 190 valence electrons. The summed E-state index contributed by atoms with van der Waals surface area (Å²) in [6, 6.07) is 2.36. The lowest BCUT2D eigenvalue weighted by Crippen LogP contribution is -2.52. The maximum atomic E-state index is 12.6. The van der Waals surface area contributed by atoms with Crippen molar-refractivity contribution in [3.05, 3.63) is 23.5 Å². The van der Waals surface area contributed by atoms with E-state index in [1.807, 2.05) is 51.2 Å². The molecular formula is C25H41N5O3S. The topological polar surface area (TPSA) is 99.6 Å². The van der Waals surface area contributed by atoms with Crippen molar-refractivity contribution < 1.29 is 14.3 Å². The van der Waals surface area contributed by atoms with Gasteiger partial charge in [0, 0.05) is 55.5 Å². The third-order valence-electron chi connectivity index (χ3n) is 6.68. The number of piperidine rings is 1. The first-order valence-electron chi connectivity index (χ1n) is 12.3. The molecule has 2 aliphatic rings. The summed E-state index contributed by atoms with van der Waals surface area (Å²) in [6.07, 6.45) is 10.2. The predicted molar refractivity (Wildman–Crippen MR) is 139 cm³/mol. The van der Waals surface area contributed by atoms with Gasteiger partial charge in [-0.3, -0.25) is 9.71 Å². The molecular weight excluding hydrogens is 450 g/mol. The molecule has 2 unspecified atom stereocenters. The van der Waals surface area contributed by atoms with E-state index in [9.17, 15) is 4.79 Å². The van der Waals surface area contributed by atoms with Gasteiger partial charge in [-0.05, 0) is 65.2 Å². The summed E-state index contributed by atoms with van der Waals surface area (Å²) in [7, 11) is 1.85. The number of pyridine rings is 1. The summed E-state index contributed by atoms with van der Waals surface area (Å²) in [5.74, 6) is 0.644. The summed E-state index contributed by atoms with van der Waals surface area (Å²) in [4.78, 5) is 19.1. The molecule has 3 N–H and O–H groups in total. The molecule has 0 aromatic carbocycles. The highest BCUT2D eigenvalue weighted by molar-refractivity contribution is 7.96. The van der Waals surface area contributed by atoms with Gasteiger partial charge in [-0.1, -0.05) is 11.9 Å². The quantitative estimate of drug-likeness (QED) is 0.359. The second-order valence-electron chi connectivity index (χ2n) is 10.3. The van der Waals surface area contributed by atoms with Crippen LogP contribution >= 0.6 is 11.9 Å². The molecule has 1 saturated carbocycles. The SMILES string of the molecule is CNc1cnc(C2CCC(OCC3CN(C(=O)OC(C)(C)C)CCC3NSC)CC2)cc1C=N. The molecule has 8 nitrogen and oxygen atoms in total. The van der Waals surface area contributed by atoms with Gasteiger partial charge in [-0.15, -0.1) is 0 Å². The Balaban J connectivity index is 1.52. The average Bonchev–Trinajstić information content (AvgIpc) is 2.82. The molecule has 1 aromatic heterocycles. The van der Waals surface area contributed by atoms with E-state index >= 15 is 0 Å². The minimum Gasteiger partial charge on any atom is -0.444 e. The van der Waals surface area contributed by atoms with Crippen molar-refractivity contribution >= 4 is 29.9 Å². The van der Waals surface area contributed by atoms with E-state index in [4.69, 9.17) is 14.9 Å². The first kappa shape index (κ1) is 26.8. The Morgan fingerprint density at radius 1 is 1.29 bits per heavy atom. The number of aromatic nitrogens is 1. The number of carbonyl (C=O) groups excluding carboxylic acids is 1. The fraction of sp³-hybridized carbons (Fsp3) is 0.720. The molecule has 1 aliphatic heterocycles. The van der Waals surface area contributed by atoms with Crippen LogP contribution < -0.4 is 10.0 Å². The number of anilines is 1. The molecule has 0 radical (unpaired) electrons. The fourth-order valence-corrected chi connectivity index (χ4v) is 5.44. The monoisotopic (exact) mass is 491 g/mol. The zero-order valence-electron chi connectivity index (χ0n) is 21.2. The van der Waals surface area contributed by atoms with Gasteiger partial charge in [-0.25, -0.2) is 4.79 Å². The lowest BCUT2D eigenvalue weighted by molar-refractivity contribution is -0.0243. The van der Waals surface area contributed by atoms with Crippen LogP contribution in [0.15, 0.2) is 12.3 Å². The number of nitrogens with zero attached hydrogens (tertiary/aromatic N) is 2. The van der Waals surface area contributed by atoms with Gasteiger partial charge in [0.1, 0.15) is 5.60 Å². The molecule has 1 saturated heterocycles. The Morgan fingerprint density at radius 3 is 2.65 bits per heavy atom. The number of hydrogen-bond acceptors (Lipinski definition) is 8. The number of nitrogens with one attached hydrogen (secondary N) is 3. The summed E-state index contributed by atoms with van der Waals surface area (Å²) in [5.41, 5.74) is 2.35. The Labute approximate surface area is 208 Å². The lowest BCUT2D eigenvalue weighted by Gasteiger charge is -2.39. The molecule has 3 rings (SSSR count). The molecule has 1 aromatic rings. The highest BCUT2D eigenvalue weighted by atomic mass is 32.2. The highest BCUT2D eigenvalue weighted by Crippen LogP contribution is 2.34. The van der Waals surface area contributed by atoms with Crippen LogP contribution in [0.1, 0.15) is 70.1 Å². The van der Waals surface area contributed by atoms with E-state index in [2.05, 4.69) is 15.0 Å². The van der Waals surface area contributed by atoms with E-state index in [1.165, 1.54) is 6.21 Å². The Morgan fingerprint density at radius 2 is 2.03 bits per heavy atom. The predicted octanol–water partition coefficient (Wildman–Crippen LogP) is 4.66. The molecule has 9 heteroatoms. The number of hydrogen-bond donors (Lipinski definition) is 3. The van der Waals surface area contributed by atoms with E-state index in [-0.39, 0.29) is 18.1 Å². The van der Waals surface area contributed by atoms with Crippen LogP contribution in [-0.2, 0) is 9.47 Å². The van der Waals surface area contributed by atoms with E-state index in [0.717, 1.165) is 49.0 Å². The van der Waals surface area contributed by atoms with Gasteiger partial charge >= 0.3 is 6.09 Å². The van der Waals surface area contributed by atoms with Crippen molar-refractivity contribution in [1.29, 1.82) is 5.41 Å². The second kappa shape index (κ2) is 12.2. The van der Waals surface area contributed by atoms with Gasteiger partial charge in [0.15, 0.2) is 0 Å². The summed E-state index contributed by atoms with van der Waals surface area (Å²) in [6.45, 7) is 7.70. The standard InChI is InChI=1S/C25H41N5O3S/c1-25(2,3)33-24(31)30-11-10-21(29-34-5)19(15-30)16-32-20-8-6-17(7-9-20)22-12-18(13-26)23(27-4)14-28-22/h12-14,17,19-21,26-27,29H,6-11,15-16H2,1-5H3. The molecule has 2 fully saturated rings. The van der Waals surface area contributed by atoms with Crippen molar-refractivity contribution in [2.45, 2.75) is 76.5 Å². The number of ether oxygens (including phenoxy) is 2. The van der Waals surface area contributed by atoms with E-state index in [0.29, 0.717) is 31.7 Å². The molecule has 1 aliphatic carbocycles. The summed E-state index contributed by atoms with van der Waals surface area (Å²) < 4.78 is 15.5. The van der Waals surface area contributed by atoms with Crippen LogP contribution in [-0.4, -0.2) is 72.9 Å². The first-order chi connectivity index (χ1) is 16.2. The Hall–Kier alpha value is -1.84. The molecule has 0 bridgehead atoms. The van der Waals surface area contributed by atoms with Crippen molar-refractivity contribution in [2.75, 3.05) is 38.3 Å². The van der Waals surface area contributed by atoms with Crippen LogP contribution in [0.2, 0.25) is 0 Å². The number of carbonyl (C=O) groups is 1. The van der Waals surface area contributed by atoms with Gasteiger partial charge in [0.25, 0.3) is 0 Å². The van der Waals surface area contributed by atoms with Crippen LogP contribution in [0.5, 0.6) is 0 Å². The largest absolute Gasteiger partial charge is 0.444 e. The van der Waals surface area contributed by atoms with Crippen molar-refractivity contribution in [2.24, 2.45) is 5.92 Å². The van der Waals surface area contributed by atoms with Gasteiger partial charge in [0.05, 0.1) is 24.6 Å². The van der Waals surface area contributed by atoms with Crippen LogP contribution in [0.3, 0.4) is 0 Å². The number of likely N-dealkylation sites (tertiary alicyclic amines) is 1. The molecule has 2 atom stereocenters. The van der Waals surface area contributed by atoms with Crippen molar-refractivity contribution in [3.8, 4) is 0 Å². The van der Waals surface area contributed by atoms with Crippen LogP contribution in [0, 0.1) is 11.3 Å². The van der Waals surface area contributed by atoms with Gasteiger partial charge < -0.3 is 25.1 Å². The third kappa shape index (κ3) is 7.33. The Kier molecular flexibility index (Phi) is 9.62. The van der Waals surface area contributed by atoms with Gasteiger partial charge in [-0.2, -0.15) is 0 Å². The smallest absolute Gasteiger partial charge is 0.410 e. The maximum Gasteiger partial charge on any atom is 0.410 e. The summed E-state index contributed by atoms with van der Waals surface area (Å²) >= 11 is 1.63. The zero-order valence-corrected chi connectivity index (χ0v) is 22.0. The van der Waals surface area contributed by atoms with E-state index in [1.54, 1.807) is 11.9 Å². The van der Waals surface area contributed by atoms with Crippen molar-refractivity contribution in [3.63, 3.8) is 0 Å². The van der Waals surface area contributed by atoms with Crippen molar-refractivity contribution in [1.82, 2.24) is 14.6 Å². The molecule has 1 amide bonds. The lowest BCUT2D eigenvalue weighted by atomic mass is 9.84. The third-order valence-corrected chi connectivity index (χ3v) is 7.21. The molecule has 0 spiro atoms. The van der Waals surface area contributed by atoms with Crippen LogP contribution in [0.4, 0.5) is 10.5 Å². The minimum absolute atomic E-state index is 0.234. The normalized spacial score (nSPS) is 25.6. The maximum absolute atomic E-state index is 12.6. The summed E-state index contributed by atoms with van der Waals surface area (Å²) in [5, 5.41) is 10.8. The minimum atomic E-state index is -0.488. The second-order valence-corrected chi connectivity index (χ2v) is 10.9. The molecule has 34 heavy (non-hydrogen) atoms. The van der Waals surface area contributed by atoms with Crippen LogP contribution in [0.25, 0.3) is 0 Å².